The third-order valence-corrected chi connectivity index (χ3v) is 3.61. The third kappa shape index (κ3) is 3.29. The summed E-state index contributed by atoms with van der Waals surface area (Å²) in [5, 5.41) is 3.49. The van der Waals surface area contributed by atoms with Crippen LogP contribution in [0.3, 0.4) is 0 Å². The summed E-state index contributed by atoms with van der Waals surface area (Å²) in [6.45, 7) is 7.24. The Balaban J connectivity index is 2.03. The molecule has 0 heterocycles. The second-order valence-electron chi connectivity index (χ2n) is 5.85. The van der Waals surface area contributed by atoms with E-state index in [9.17, 15) is 4.39 Å². The average molecular weight is 235 g/mol. The molecule has 0 spiro atoms. The number of rotatable bonds is 5. The maximum absolute atomic E-state index is 13.8. The Hall–Kier alpha value is -0.890. The summed E-state index contributed by atoms with van der Waals surface area (Å²) in [5.74, 6) is -0.0768. The molecule has 0 bridgehead atoms. The van der Waals surface area contributed by atoms with E-state index in [1.54, 1.807) is 6.07 Å². The van der Waals surface area contributed by atoms with Gasteiger partial charge < -0.3 is 5.32 Å². The smallest absolute Gasteiger partial charge is 0.126 e. The molecule has 0 amide bonds. The summed E-state index contributed by atoms with van der Waals surface area (Å²) in [6, 6.07) is 6.12. The predicted octanol–water partition coefficient (Wildman–Crippen LogP) is 3.55. The third-order valence-electron chi connectivity index (χ3n) is 3.61. The van der Waals surface area contributed by atoms with E-state index in [0.29, 0.717) is 0 Å². The lowest BCUT2D eigenvalue weighted by atomic mass is 9.80. The maximum atomic E-state index is 13.8. The molecule has 0 aromatic heterocycles. The molecule has 94 valence electrons. The number of nitrogens with one attached hydrogen (secondary N) is 1. The number of hydrogen-bond acceptors (Lipinski definition) is 1. The minimum absolute atomic E-state index is 0.0768. The average Bonchev–Trinajstić information content (AvgIpc) is 3.05. The van der Waals surface area contributed by atoms with Crippen LogP contribution in [-0.2, 0) is 5.41 Å². The summed E-state index contributed by atoms with van der Waals surface area (Å²) in [7, 11) is 0. The molecule has 1 fully saturated rings. The maximum Gasteiger partial charge on any atom is 0.126 e. The van der Waals surface area contributed by atoms with E-state index in [-0.39, 0.29) is 11.2 Å². The van der Waals surface area contributed by atoms with E-state index in [0.717, 1.165) is 30.1 Å². The number of halogens is 1. The van der Waals surface area contributed by atoms with E-state index >= 15 is 0 Å². The van der Waals surface area contributed by atoms with Gasteiger partial charge in [0.05, 0.1) is 0 Å². The highest BCUT2D eigenvalue weighted by atomic mass is 19.1. The van der Waals surface area contributed by atoms with Crippen molar-refractivity contribution in [2.45, 2.75) is 51.5 Å². The molecule has 1 aliphatic carbocycles. The highest BCUT2D eigenvalue weighted by Gasteiger charge is 2.26. The van der Waals surface area contributed by atoms with Crippen LogP contribution < -0.4 is 5.32 Å². The molecule has 2 rings (SSSR count). The van der Waals surface area contributed by atoms with E-state index < -0.39 is 0 Å². The van der Waals surface area contributed by atoms with Gasteiger partial charge in [-0.15, -0.1) is 0 Å². The number of benzene rings is 1. The lowest BCUT2D eigenvalue weighted by molar-refractivity contribution is 0.433. The fraction of sp³-hybridized carbons (Fsp3) is 0.600. The van der Waals surface area contributed by atoms with Gasteiger partial charge in [0.25, 0.3) is 0 Å². The molecule has 1 N–H and O–H groups in total. The first-order chi connectivity index (χ1) is 7.99. The largest absolute Gasteiger partial charge is 0.314 e. The molecule has 1 aromatic carbocycles. The van der Waals surface area contributed by atoms with Crippen molar-refractivity contribution >= 4 is 0 Å². The highest BCUT2D eigenvalue weighted by Crippen LogP contribution is 2.30. The standard InChI is InChI=1S/C15H22FN/c1-11-4-7-14(16)13(10-11)15(2,3)8-9-17-12-5-6-12/h4,7,10,12,17H,5-6,8-9H2,1-3H3. The first kappa shape index (κ1) is 12.6. The van der Waals surface area contributed by atoms with Crippen LogP contribution in [0.5, 0.6) is 0 Å². The van der Waals surface area contributed by atoms with Gasteiger partial charge in [-0.3, -0.25) is 0 Å². The fourth-order valence-corrected chi connectivity index (χ4v) is 2.17. The molecule has 0 aliphatic heterocycles. The Morgan fingerprint density at radius 1 is 1.35 bits per heavy atom. The first-order valence-corrected chi connectivity index (χ1v) is 6.49. The van der Waals surface area contributed by atoms with Crippen molar-refractivity contribution in [2.75, 3.05) is 6.54 Å². The molecule has 1 aliphatic rings. The van der Waals surface area contributed by atoms with Crippen LogP contribution in [0.4, 0.5) is 4.39 Å². The fourth-order valence-electron chi connectivity index (χ4n) is 2.17. The second kappa shape index (κ2) is 4.77. The Morgan fingerprint density at radius 2 is 2.06 bits per heavy atom. The monoisotopic (exact) mass is 235 g/mol. The van der Waals surface area contributed by atoms with Gasteiger partial charge >= 0.3 is 0 Å². The van der Waals surface area contributed by atoms with Gasteiger partial charge in [0.1, 0.15) is 5.82 Å². The van der Waals surface area contributed by atoms with E-state index in [1.165, 1.54) is 12.8 Å². The topological polar surface area (TPSA) is 12.0 Å². The van der Waals surface area contributed by atoms with Crippen molar-refractivity contribution < 1.29 is 4.39 Å². The summed E-state index contributed by atoms with van der Waals surface area (Å²) in [5.41, 5.74) is 1.87. The van der Waals surface area contributed by atoms with Crippen molar-refractivity contribution in [1.29, 1.82) is 0 Å². The van der Waals surface area contributed by atoms with E-state index in [4.69, 9.17) is 0 Å². The van der Waals surface area contributed by atoms with Gasteiger partial charge in [-0.25, -0.2) is 4.39 Å². The number of hydrogen-bond donors (Lipinski definition) is 1. The summed E-state index contributed by atoms with van der Waals surface area (Å²) < 4.78 is 13.8. The van der Waals surface area contributed by atoms with Gasteiger partial charge in [-0.2, -0.15) is 0 Å². The molecule has 1 saturated carbocycles. The zero-order valence-corrected chi connectivity index (χ0v) is 11.0. The quantitative estimate of drug-likeness (QED) is 0.823. The van der Waals surface area contributed by atoms with Crippen LogP contribution >= 0.6 is 0 Å². The van der Waals surface area contributed by atoms with Crippen molar-refractivity contribution in [3.05, 3.63) is 35.1 Å². The molecule has 2 heteroatoms. The van der Waals surface area contributed by atoms with Crippen molar-refractivity contribution in [3.63, 3.8) is 0 Å². The van der Waals surface area contributed by atoms with Crippen LogP contribution in [0.2, 0.25) is 0 Å². The lowest BCUT2D eigenvalue weighted by Gasteiger charge is -2.26. The number of aryl methyl sites for hydroxylation is 1. The summed E-state index contributed by atoms with van der Waals surface area (Å²) in [6.07, 6.45) is 3.59. The molecular weight excluding hydrogens is 213 g/mol. The normalized spacial score (nSPS) is 16.2. The summed E-state index contributed by atoms with van der Waals surface area (Å²) in [4.78, 5) is 0. The minimum Gasteiger partial charge on any atom is -0.314 e. The molecule has 1 aromatic rings. The van der Waals surface area contributed by atoms with E-state index in [1.807, 2.05) is 19.1 Å². The Bertz CT molecular complexity index is 394. The van der Waals surface area contributed by atoms with Crippen LogP contribution in [-0.4, -0.2) is 12.6 Å². The van der Waals surface area contributed by atoms with Gasteiger partial charge in [-0.05, 0) is 49.8 Å². The van der Waals surface area contributed by atoms with Crippen molar-refractivity contribution in [3.8, 4) is 0 Å². The first-order valence-electron chi connectivity index (χ1n) is 6.49. The molecule has 17 heavy (non-hydrogen) atoms. The zero-order chi connectivity index (χ0) is 12.5. The Kier molecular flexibility index (Phi) is 3.53. The van der Waals surface area contributed by atoms with Gasteiger partial charge in [0.2, 0.25) is 0 Å². The molecule has 0 atom stereocenters. The minimum atomic E-state index is -0.0992. The highest BCUT2D eigenvalue weighted by molar-refractivity contribution is 5.30. The van der Waals surface area contributed by atoms with Crippen molar-refractivity contribution in [2.24, 2.45) is 0 Å². The van der Waals surface area contributed by atoms with Crippen molar-refractivity contribution in [1.82, 2.24) is 5.32 Å². The Labute approximate surface area is 103 Å². The lowest BCUT2D eigenvalue weighted by Crippen LogP contribution is -2.27. The van der Waals surface area contributed by atoms with Crippen LogP contribution in [0.25, 0.3) is 0 Å². The van der Waals surface area contributed by atoms with Crippen LogP contribution in [0.15, 0.2) is 18.2 Å². The SMILES string of the molecule is Cc1ccc(F)c(C(C)(C)CCNC2CC2)c1. The molecule has 0 radical (unpaired) electrons. The van der Waals surface area contributed by atoms with E-state index in [2.05, 4.69) is 19.2 Å². The molecule has 0 saturated heterocycles. The van der Waals surface area contributed by atoms with Gasteiger partial charge in [0, 0.05) is 6.04 Å². The zero-order valence-electron chi connectivity index (χ0n) is 11.0. The van der Waals surface area contributed by atoms with Gasteiger partial charge in [-0.1, -0.05) is 31.5 Å². The predicted molar refractivity (Wildman–Crippen MR) is 69.8 cm³/mol. The van der Waals surface area contributed by atoms with Crippen LogP contribution in [0, 0.1) is 12.7 Å². The molecular formula is C15H22FN. The van der Waals surface area contributed by atoms with Crippen LogP contribution in [0.1, 0.15) is 44.2 Å². The Morgan fingerprint density at radius 3 is 2.71 bits per heavy atom. The second-order valence-corrected chi connectivity index (χ2v) is 5.85. The molecule has 1 nitrogen and oxygen atoms in total. The van der Waals surface area contributed by atoms with Gasteiger partial charge in [0.15, 0.2) is 0 Å². The molecule has 0 unspecified atom stereocenters. The summed E-state index contributed by atoms with van der Waals surface area (Å²) >= 11 is 0.